The molecule has 9 nitrogen and oxygen atoms in total. The lowest BCUT2D eigenvalue weighted by Crippen LogP contribution is -2.55. The number of hydrogen-bond donors (Lipinski definition) is 4. The number of esters is 1. The van der Waals surface area contributed by atoms with Crippen molar-refractivity contribution >= 4 is 17.9 Å². The molecule has 0 aromatic rings. The quantitative estimate of drug-likeness (QED) is 0.426. The number of aliphatic hydroxyl groups excluding tert-OH is 1. The molecular weight excluding hydrogens is 388 g/mol. The van der Waals surface area contributed by atoms with Gasteiger partial charge in [0.1, 0.15) is 6.04 Å². The van der Waals surface area contributed by atoms with Gasteiger partial charge in [0.25, 0.3) is 0 Å². The second kappa shape index (κ2) is 12.1. The van der Waals surface area contributed by atoms with Gasteiger partial charge in [-0.3, -0.25) is 4.79 Å². The van der Waals surface area contributed by atoms with Crippen LogP contribution in [0.25, 0.3) is 0 Å². The molecule has 0 aromatic heterocycles. The molecule has 1 aliphatic heterocycles. The van der Waals surface area contributed by atoms with E-state index in [1.807, 2.05) is 34.6 Å². The second-order valence-corrected chi connectivity index (χ2v) is 9.15. The van der Waals surface area contributed by atoms with Crippen molar-refractivity contribution in [1.82, 2.24) is 15.5 Å². The van der Waals surface area contributed by atoms with Crippen molar-refractivity contribution in [3.8, 4) is 0 Å². The van der Waals surface area contributed by atoms with Crippen LogP contribution in [0.3, 0.4) is 0 Å². The van der Waals surface area contributed by atoms with Gasteiger partial charge in [-0.25, -0.2) is 9.59 Å². The molecule has 1 saturated heterocycles. The number of methoxy groups -OCH3 is 1. The summed E-state index contributed by atoms with van der Waals surface area (Å²) in [4.78, 5) is 38.8. The van der Waals surface area contributed by atoms with Crippen molar-refractivity contribution < 1.29 is 24.2 Å². The first-order valence-corrected chi connectivity index (χ1v) is 10.8. The van der Waals surface area contributed by atoms with E-state index in [4.69, 9.17) is 10.5 Å². The van der Waals surface area contributed by atoms with E-state index in [9.17, 15) is 19.5 Å². The molecule has 0 saturated carbocycles. The molecule has 174 valence electrons. The Kier molecular flexibility index (Phi) is 10.6. The average Bonchev–Trinajstić information content (AvgIpc) is 2.79. The fourth-order valence-corrected chi connectivity index (χ4v) is 3.69. The van der Waals surface area contributed by atoms with Gasteiger partial charge >= 0.3 is 12.0 Å². The van der Waals surface area contributed by atoms with Crippen LogP contribution in [0, 0.1) is 11.8 Å². The number of carbonyl (C=O) groups excluding carboxylic acids is 3. The number of β-amino-alcohol motifs (C(OH)–C–C–N with tert-alkyl or cyclic N) is 1. The van der Waals surface area contributed by atoms with Crippen molar-refractivity contribution in [3.63, 3.8) is 0 Å². The summed E-state index contributed by atoms with van der Waals surface area (Å²) in [5, 5.41) is 16.2. The Hall–Kier alpha value is -1.87. The van der Waals surface area contributed by atoms with Crippen molar-refractivity contribution in [2.45, 2.75) is 90.6 Å². The van der Waals surface area contributed by atoms with Gasteiger partial charge in [0.15, 0.2) is 0 Å². The van der Waals surface area contributed by atoms with E-state index in [1.165, 1.54) is 12.0 Å². The molecule has 3 unspecified atom stereocenters. The maximum Gasteiger partial charge on any atom is 0.328 e. The van der Waals surface area contributed by atoms with Gasteiger partial charge in [-0.2, -0.15) is 0 Å². The Bertz CT molecular complexity index is 584. The number of rotatable bonds is 8. The first kappa shape index (κ1) is 26.2. The van der Waals surface area contributed by atoms with Crippen LogP contribution in [0.1, 0.15) is 60.3 Å². The zero-order valence-electron chi connectivity index (χ0n) is 19.2. The highest BCUT2D eigenvalue weighted by molar-refractivity contribution is 5.84. The monoisotopic (exact) mass is 428 g/mol. The van der Waals surface area contributed by atoms with Gasteiger partial charge in [-0.15, -0.1) is 0 Å². The summed E-state index contributed by atoms with van der Waals surface area (Å²) in [6, 6.07) is -2.46. The summed E-state index contributed by atoms with van der Waals surface area (Å²) in [5.41, 5.74) is 5.95. The zero-order chi connectivity index (χ0) is 23.0. The number of likely N-dealkylation sites (tertiary alicyclic amines) is 1. The summed E-state index contributed by atoms with van der Waals surface area (Å²) >= 11 is 0. The lowest BCUT2D eigenvalue weighted by molar-refractivity contribution is -0.143. The molecule has 0 aromatic carbocycles. The molecule has 0 bridgehead atoms. The third-order valence-corrected chi connectivity index (χ3v) is 5.42. The summed E-state index contributed by atoms with van der Waals surface area (Å²) < 4.78 is 4.80. The molecular formula is C21H40N4O5. The third kappa shape index (κ3) is 8.10. The highest BCUT2D eigenvalue weighted by atomic mass is 16.5. The molecule has 1 fully saturated rings. The number of amides is 3. The Labute approximate surface area is 180 Å². The molecule has 1 aliphatic rings. The van der Waals surface area contributed by atoms with E-state index >= 15 is 0 Å². The van der Waals surface area contributed by atoms with E-state index in [-0.39, 0.29) is 30.3 Å². The van der Waals surface area contributed by atoms with Gasteiger partial charge < -0.3 is 31.1 Å². The minimum absolute atomic E-state index is 0.0485. The topological polar surface area (TPSA) is 134 Å². The maximum absolute atomic E-state index is 12.9. The lowest BCUT2D eigenvalue weighted by Gasteiger charge is -2.31. The predicted molar refractivity (Wildman–Crippen MR) is 115 cm³/mol. The van der Waals surface area contributed by atoms with Crippen molar-refractivity contribution in [1.29, 1.82) is 0 Å². The fraction of sp³-hybridized carbons (Fsp3) is 0.857. The predicted octanol–water partition coefficient (Wildman–Crippen LogP) is 0.987. The number of carbonyl (C=O) groups is 3. The number of urea groups is 1. The molecule has 0 radical (unpaired) electrons. The van der Waals surface area contributed by atoms with Gasteiger partial charge in [-0.1, -0.05) is 27.7 Å². The van der Waals surface area contributed by atoms with E-state index in [2.05, 4.69) is 10.6 Å². The van der Waals surface area contributed by atoms with Crippen molar-refractivity contribution in [2.24, 2.45) is 17.6 Å². The first-order valence-electron chi connectivity index (χ1n) is 10.8. The second-order valence-electron chi connectivity index (χ2n) is 9.15. The number of nitrogens with two attached hydrogens (primary N) is 1. The summed E-state index contributed by atoms with van der Waals surface area (Å²) in [6.07, 6.45) is 1.21. The fourth-order valence-electron chi connectivity index (χ4n) is 3.69. The number of nitrogens with one attached hydrogen (secondary N) is 2. The van der Waals surface area contributed by atoms with E-state index < -0.39 is 36.2 Å². The van der Waals surface area contributed by atoms with Gasteiger partial charge in [0.05, 0.1) is 31.8 Å². The molecule has 1 heterocycles. The van der Waals surface area contributed by atoms with Crippen LogP contribution in [-0.4, -0.2) is 71.8 Å². The minimum atomic E-state index is -0.933. The third-order valence-electron chi connectivity index (χ3n) is 5.42. The minimum Gasteiger partial charge on any atom is -0.467 e. The van der Waals surface area contributed by atoms with Gasteiger partial charge in [0, 0.05) is 6.04 Å². The Morgan fingerprint density at radius 3 is 2.27 bits per heavy atom. The molecule has 9 heteroatoms. The van der Waals surface area contributed by atoms with Gasteiger partial charge in [0.2, 0.25) is 5.91 Å². The van der Waals surface area contributed by atoms with Gasteiger partial charge in [-0.05, 0) is 44.4 Å². The summed E-state index contributed by atoms with van der Waals surface area (Å²) in [7, 11) is 1.29. The summed E-state index contributed by atoms with van der Waals surface area (Å²) in [5.74, 6) is -0.306. The van der Waals surface area contributed by atoms with Crippen LogP contribution in [0.5, 0.6) is 0 Å². The molecule has 1 rings (SSSR count). The standard InChI is InChI=1S/C21H40N4O5/c1-12(2)9-15(22)19(27)23-16-8-7-14(5)25(11-18(16)26)21(29)24-17(10-13(3)4)20(28)30-6/h12-18,26H,7-11,22H2,1-6H3,(H,23,27)(H,24,29)/t14-,15?,16+,17?,18?/m1/s1. The van der Waals surface area contributed by atoms with Crippen LogP contribution in [-0.2, 0) is 14.3 Å². The molecule has 5 atom stereocenters. The highest BCUT2D eigenvalue weighted by Gasteiger charge is 2.35. The Morgan fingerprint density at radius 2 is 1.73 bits per heavy atom. The molecule has 3 amide bonds. The highest BCUT2D eigenvalue weighted by Crippen LogP contribution is 2.19. The Morgan fingerprint density at radius 1 is 1.13 bits per heavy atom. The van der Waals surface area contributed by atoms with E-state index in [0.29, 0.717) is 25.7 Å². The molecule has 5 N–H and O–H groups in total. The van der Waals surface area contributed by atoms with Crippen LogP contribution in [0.2, 0.25) is 0 Å². The average molecular weight is 429 g/mol. The molecule has 0 aliphatic carbocycles. The van der Waals surface area contributed by atoms with E-state index in [1.54, 1.807) is 0 Å². The SMILES string of the molecule is COC(=O)C(CC(C)C)NC(=O)N1CC(O)[C@@H](NC(=O)C(N)CC(C)C)CC[C@H]1C. The number of aliphatic hydroxyl groups is 1. The zero-order valence-corrected chi connectivity index (χ0v) is 19.2. The van der Waals surface area contributed by atoms with Crippen molar-refractivity contribution in [3.05, 3.63) is 0 Å². The van der Waals surface area contributed by atoms with Crippen LogP contribution in [0.15, 0.2) is 0 Å². The number of nitrogens with zero attached hydrogens (tertiary/aromatic N) is 1. The number of ether oxygens (including phenoxy) is 1. The van der Waals surface area contributed by atoms with E-state index in [0.717, 1.165) is 0 Å². The first-order chi connectivity index (χ1) is 14.0. The van der Waals surface area contributed by atoms with Crippen LogP contribution >= 0.6 is 0 Å². The normalized spacial score (nSPS) is 24.2. The summed E-state index contributed by atoms with van der Waals surface area (Å²) in [6.45, 7) is 9.83. The Balaban J connectivity index is 2.79. The van der Waals surface area contributed by atoms with Crippen molar-refractivity contribution in [2.75, 3.05) is 13.7 Å². The van der Waals surface area contributed by atoms with Crippen LogP contribution < -0.4 is 16.4 Å². The number of hydrogen-bond acceptors (Lipinski definition) is 6. The van der Waals surface area contributed by atoms with Crippen LogP contribution in [0.4, 0.5) is 4.79 Å². The largest absolute Gasteiger partial charge is 0.467 e. The maximum atomic E-state index is 12.9. The lowest BCUT2D eigenvalue weighted by atomic mass is 10.0. The molecule has 0 spiro atoms. The molecule has 30 heavy (non-hydrogen) atoms. The smallest absolute Gasteiger partial charge is 0.328 e.